The van der Waals surface area contributed by atoms with Crippen LogP contribution in [0.2, 0.25) is 0 Å². The van der Waals surface area contributed by atoms with Crippen LogP contribution in [-0.4, -0.2) is 26.2 Å². The summed E-state index contributed by atoms with van der Waals surface area (Å²) < 4.78 is 51.7. The molecule has 0 heterocycles. The van der Waals surface area contributed by atoms with E-state index < -0.39 is 18.3 Å². The van der Waals surface area contributed by atoms with Gasteiger partial charge in [-0.15, -0.1) is 0 Å². The summed E-state index contributed by atoms with van der Waals surface area (Å²) >= 11 is 0. The van der Waals surface area contributed by atoms with E-state index in [0.29, 0.717) is 5.69 Å². The Hall–Kier alpha value is -2.90. The highest BCUT2D eigenvalue weighted by molar-refractivity contribution is 5.91. The van der Waals surface area contributed by atoms with Crippen LogP contribution in [0.4, 0.5) is 18.9 Å². The zero-order valence-electron chi connectivity index (χ0n) is 12.6. The van der Waals surface area contributed by atoms with Crippen LogP contribution in [0.25, 0.3) is 0 Å². The third kappa shape index (κ3) is 5.08. The quantitative estimate of drug-likeness (QED) is 0.838. The summed E-state index contributed by atoms with van der Waals surface area (Å²) in [5.74, 6) is -0.881. The van der Waals surface area contributed by atoms with Crippen LogP contribution in [-0.2, 0) is 4.79 Å². The number of nitrogens with one attached hydrogen (secondary N) is 1. The van der Waals surface area contributed by atoms with Gasteiger partial charge in [-0.1, -0.05) is 0 Å². The Kier molecular flexibility index (Phi) is 5.89. The Balaban J connectivity index is 1.85. The highest BCUT2D eigenvalue weighted by Crippen LogP contribution is 2.22. The monoisotopic (exact) mass is 341 g/mol. The van der Waals surface area contributed by atoms with Crippen molar-refractivity contribution in [2.45, 2.75) is 6.61 Å². The molecule has 0 spiro atoms. The molecular weight excluding hydrogens is 327 g/mol. The van der Waals surface area contributed by atoms with Gasteiger partial charge in [0.2, 0.25) is 0 Å². The van der Waals surface area contributed by atoms with Crippen molar-refractivity contribution in [1.29, 1.82) is 0 Å². The Morgan fingerprint density at radius 1 is 1.12 bits per heavy atom. The van der Waals surface area contributed by atoms with Crippen molar-refractivity contribution in [2.75, 3.05) is 19.0 Å². The minimum absolute atomic E-state index is 0.0204. The highest BCUT2D eigenvalue weighted by atomic mass is 19.3. The number of methoxy groups -OCH3 is 1. The maximum Gasteiger partial charge on any atom is 0.387 e. The number of ether oxygens (including phenoxy) is 3. The summed E-state index contributed by atoms with van der Waals surface area (Å²) in [5.41, 5.74) is 0.381. The van der Waals surface area contributed by atoms with E-state index in [4.69, 9.17) is 9.47 Å². The first-order valence-corrected chi connectivity index (χ1v) is 6.79. The molecule has 0 aromatic heterocycles. The largest absolute Gasteiger partial charge is 0.494 e. The standard InChI is InChI=1S/C16H14F3NO4/c1-22-14-7-6-12(8-13(14)17)23-9-15(21)20-10-2-4-11(5-3-10)24-16(18)19/h2-8,16H,9H2,1H3,(H,20,21). The molecule has 128 valence electrons. The van der Waals surface area contributed by atoms with Crippen LogP contribution >= 0.6 is 0 Å². The Morgan fingerprint density at radius 3 is 2.38 bits per heavy atom. The molecule has 0 aliphatic carbocycles. The van der Waals surface area contributed by atoms with Gasteiger partial charge in [0.1, 0.15) is 11.5 Å². The SMILES string of the molecule is COc1ccc(OCC(=O)Nc2ccc(OC(F)F)cc2)cc1F. The molecule has 0 aliphatic heterocycles. The number of alkyl halides is 2. The van der Waals surface area contributed by atoms with E-state index >= 15 is 0 Å². The molecule has 1 amide bonds. The number of carbonyl (C=O) groups excluding carboxylic acids is 1. The molecule has 2 aromatic rings. The van der Waals surface area contributed by atoms with Gasteiger partial charge in [-0.2, -0.15) is 8.78 Å². The number of hydrogen-bond donors (Lipinski definition) is 1. The second-order valence-corrected chi connectivity index (χ2v) is 4.54. The molecule has 0 atom stereocenters. The summed E-state index contributed by atoms with van der Waals surface area (Å²) in [6.07, 6.45) is 0. The number of hydrogen-bond acceptors (Lipinski definition) is 4. The lowest BCUT2D eigenvalue weighted by Gasteiger charge is -2.09. The Labute approximate surface area is 135 Å². The number of halogens is 3. The summed E-state index contributed by atoms with van der Waals surface area (Å²) in [5, 5.41) is 2.50. The van der Waals surface area contributed by atoms with Crippen molar-refractivity contribution >= 4 is 11.6 Å². The minimum atomic E-state index is -2.91. The van der Waals surface area contributed by atoms with E-state index in [1.54, 1.807) is 0 Å². The van der Waals surface area contributed by atoms with Crippen molar-refractivity contribution < 1.29 is 32.2 Å². The molecular formula is C16H14F3NO4. The van der Waals surface area contributed by atoms with Gasteiger partial charge in [-0.25, -0.2) is 4.39 Å². The molecule has 0 saturated carbocycles. The van der Waals surface area contributed by atoms with Gasteiger partial charge in [-0.05, 0) is 36.4 Å². The van der Waals surface area contributed by atoms with Crippen LogP contribution in [0.5, 0.6) is 17.2 Å². The molecule has 2 rings (SSSR count). The summed E-state index contributed by atoms with van der Waals surface area (Å²) in [6, 6.07) is 9.34. The van der Waals surface area contributed by atoms with Crippen molar-refractivity contribution in [2.24, 2.45) is 0 Å². The molecule has 1 N–H and O–H groups in total. The third-order valence-electron chi connectivity index (χ3n) is 2.86. The number of carbonyl (C=O) groups is 1. The van der Waals surface area contributed by atoms with Gasteiger partial charge in [-0.3, -0.25) is 4.79 Å². The summed E-state index contributed by atoms with van der Waals surface area (Å²) in [4.78, 5) is 11.8. The molecule has 0 bridgehead atoms. The zero-order valence-corrected chi connectivity index (χ0v) is 12.6. The fourth-order valence-corrected chi connectivity index (χ4v) is 1.80. The zero-order chi connectivity index (χ0) is 17.5. The smallest absolute Gasteiger partial charge is 0.387 e. The summed E-state index contributed by atoms with van der Waals surface area (Å²) in [7, 11) is 1.34. The molecule has 0 fully saturated rings. The van der Waals surface area contributed by atoms with Crippen LogP contribution in [0.1, 0.15) is 0 Å². The number of benzene rings is 2. The first kappa shape index (κ1) is 17.5. The van der Waals surface area contributed by atoms with E-state index in [1.807, 2.05) is 0 Å². The van der Waals surface area contributed by atoms with Gasteiger partial charge >= 0.3 is 6.61 Å². The van der Waals surface area contributed by atoms with Crippen LogP contribution in [0.15, 0.2) is 42.5 Å². The second kappa shape index (κ2) is 8.09. The molecule has 5 nitrogen and oxygen atoms in total. The first-order valence-electron chi connectivity index (χ1n) is 6.79. The van der Waals surface area contributed by atoms with Crippen molar-refractivity contribution in [3.63, 3.8) is 0 Å². The molecule has 0 radical (unpaired) electrons. The normalized spacial score (nSPS) is 10.4. The molecule has 8 heteroatoms. The predicted molar refractivity (Wildman–Crippen MR) is 80.2 cm³/mol. The van der Waals surface area contributed by atoms with Crippen LogP contribution in [0.3, 0.4) is 0 Å². The van der Waals surface area contributed by atoms with Gasteiger partial charge in [0.25, 0.3) is 5.91 Å². The number of anilines is 1. The predicted octanol–water partition coefficient (Wildman–Crippen LogP) is 3.45. The van der Waals surface area contributed by atoms with Gasteiger partial charge in [0.05, 0.1) is 7.11 Å². The van der Waals surface area contributed by atoms with Gasteiger partial charge in [0, 0.05) is 11.8 Å². The second-order valence-electron chi connectivity index (χ2n) is 4.54. The van der Waals surface area contributed by atoms with E-state index in [1.165, 1.54) is 43.5 Å². The van der Waals surface area contributed by atoms with E-state index in [9.17, 15) is 18.0 Å². The molecule has 0 saturated heterocycles. The van der Waals surface area contributed by atoms with Crippen molar-refractivity contribution in [3.05, 3.63) is 48.3 Å². The maximum atomic E-state index is 13.5. The fraction of sp³-hybridized carbons (Fsp3) is 0.188. The lowest BCUT2D eigenvalue weighted by Crippen LogP contribution is -2.20. The fourth-order valence-electron chi connectivity index (χ4n) is 1.80. The highest BCUT2D eigenvalue weighted by Gasteiger charge is 2.08. The summed E-state index contributed by atoms with van der Waals surface area (Å²) in [6.45, 7) is -3.26. The first-order chi connectivity index (χ1) is 11.5. The average Bonchev–Trinajstić information content (AvgIpc) is 2.54. The molecule has 24 heavy (non-hydrogen) atoms. The number of amides is 1. The average molecular weight is 341 g/mol. The van der Waals surface area contributed by atoms with Crippen molar-refractivity contribution in [1.82, 2.24) is 0 Å². The lowest BCUT2D eigenvalue weighted by molar-refractivity contribution is -0.118. The van der Waals surface area contributed by atoms with E-state index in [-0.39, 0.29) is 23.9 Å². The molecule has 0 aliphatic rings. The molecule has 2 aromatic carbocycles. The van der Waals surface area contributed by atoms with E-state index in [0.717, 1.165) is 6.07 Å². The third-order valence-corrected chi connectivity index (χ3v) is 2.86. The van der Waals surface area contributed by atoms with Crippen molar-refractivity contribution in [3.8, 4) is 17.2 Å². The maximum absolute atomic E-state index is 13.5. The number of rotatable bonds is 7. The lowest BCUT2D eigenvalue weighted by atomic mass is 10.3. The topological polar surface area (TPSA) is 56.8 Å². The van der Waals surface area contributed by atoms with Crippen LogP contribution in [0, 0.1) is 5.82 Å². The Morgan fingerprint density at radius 2 is 1.79 bits per heavy atom. The minimum Gasteiger partial charge on any atom is -0.494 e. The van der Waals surface area contributed by atoms with Gasteiger partial charge < -0.3 is 19.5 Å². The van der Waals surface area contributed by atoms with E-state index in [2.05, 4.69) is 10.1 Å². The van der Waals surface area contributed by atoms with Crippen LogP contribution < -0.4 is 19.5 Å². The Bertz CT molecular complexity index is 692. The van der Waals surface area contributed by atoms with Gasteiger partial charge in [0.15, 0.2) is 18.2 Å². The molecule has 0 unspecified atom stereocenters.